The van der Waals surface area contributed by atoms with Gasteiger partial charge in [-0.1, -0.05) is 0 Å². The fourth-order valence-corrected chi connectivity index (χ4v) is 13.6. The van der Waals surface area contributed by atoms with Gasteiger partial charge in [-0.15, -0.1) is 0 Å². The van der Waals surface area contributed by atoms with Crippen molar-refractivity contribution in [3.8, 4) is 5.75 Å². The van der Waals surface area contributed by atoms with E-state index in [1.165, 1.54) is 55.8 Å². The molecule has 4 aliphatic rings. The number of ether oxygens (including phenoxy) is 2. The molecular weight excluding hydrogens is 547 g/mol. The van der Waals surface area contributed by atoms with E-state index in [2.05, 4.69) is 58.9 Å². The van der Waals surface area contributed by atoms with Crippen LogP contribution in [-0.2, 0) is 4.74 Å². The fraction of sp³-hybridized carbons (Fsp3) is 0.829. The van der Waals surface area contributed by atoms with Gasteiger partial charge in [0.25, 0.3) is 0 Å². The van der Waals surface area contributed by atoms with E-state index in [1.54, 1.807) is 7.11 Å². The number of fused-ring (bicyclic) bond motifs is 5. The molecule has 1 aromatic rings. The van der Waals surface area contributed by atoms with Gasteiger partial charge in [-0.05, 0) is 0 Å². The van der Waals surface area contributed by atoms with Crippen LogP contribution in [0.1, 0.15) is 105 Å². The zero-order valence-corrected chi connectivity index (χ0v) is 27.6. The Hall–Kier alpha value is -0.541. The van der Waals surface area contributed by atoms with Crippen molar-refractivity contribution in [2.24, 2.45) is 46.3 Å². The Labute approximate surface area is 245 Å². The maximum atomic E-state index is 12.8. The van der Waals surface area contributed by atoms with Crippen LogP contribution in [0.3, 0.4) is 0 Å². The Bertz CT molecular complexity index is 963. The van der Waals surface area contributed by atoms with Crippen molar-refractivity contribution in [3.05, 3.63) is 24.3 Å². The Morgan fingerprint density at radius 1 is 0.949 bits per heavy atom. The molecule has 10 atom stereocenters. The van der Waals surface area contributed by atoms with Crippen molar-refractivity contribution in [2.45, 2.75) is 122 Å². The van der Waals surface area contributed by atoms with Gasteiger partial charge in [-0.3, -0.25) is 0 Å². The molecule has 0 amide bonds. The number of benzene rings is 1. The van der Waals surface area contributed by atoms with Gasteiger partial charge < -0.3 is 0 Å². The van der Waals surface area contributed by atoms with E-state index >= 15 is 0 Å². The quantitative estimate of drug-likeness (QED) is 0.295. The first-order valence-electron chi connectivity index (χ1n) is 16.1. The summed E-state index contributed by atoms with van der Waals surface area (Å²) >= 11 is 0.221. The van der Waals surface area contributed by atoms with E-state index in [9.17, 15) is 5.11 Å². The van der Waals surface area contributed by atoms with Gasteiger partial charge in [0.05, 0.1) is 0 Å². The standard InChI is InChI=1S/C35H56O3Se/c1-23(2)9-8-10-24(3)29-15-16-30-28-21-32(39-27-13-11-25(37-6)12-14-27)35(36)22-26(38-7)17-20-34(35,5)31(28)18-19-33(29,30)4/h11-14,23-24,26,28-32,36H,8-10,15-22H2,1-7H3/t24-,26+,28+,29-,30+,31+,32-,33-,34-,35+/m1/s1. The molecule has 0 spiro atoms. The second-order valence-corrected chi connectivity index (χ2v) is 17.5. The topological polar surface area (TPSA) is 38.7 Å². The third-order valence-corrected chi connectivity index (χ3v) is 15.6. The van der Waals surface area contributed by atoms with Gasteiger partial charge in [0, 0.05) is 0 Å². The predicted molar refractivity (Wildman–Crippen MR) is 163 cm³/mol. The van der Waals surface area contributed by atoms with E-state index in [4.69, 9.17) is 9.47 Å². The number of hydrogen-bond donors (Lipinski definition) is 1. The van der Waals surface area contributed by atoms with Crippen LogP contribution >= 0.6 is 0 Å². The molecule has 4 heteroatoms. The van der Waals surface area contributed by atoms with Crippen LogP contribution in [0, 0.1) is 46.3 Å². The monoisotopic (exact) mass is 604 g/mol. The maximum absolute atomic E-state index is 12.8. The molecule has 0 radical (unpaired) electrons. The molecule has 5 rings (SSSR count). The van der Waals surface area contributed by atoms with Crippen LogP contribution in [0.25, 0.3) is 0 Å². The molecule has 1 aromatic carbocycles. The molecule has 4 aliphatic carbocycles. The molecule has 39 heavy (non-hydrogen) atoms. The first-order valence-corrected chi connectivity index (χ1v) is 18.0. The molecule has 0 unspecified atom stereocenters. The SMILES string of the molecule is COc1ccc([Se][C@@H]2C[C@H]3[C@@H]4CC[C@H]([C@H](C)CCCC(C)C)[C@@]4(C)CC[C@@H]3[C@@]3(C)CC[C@H](OC)C[C@]23O)cc1. The van der Waals surface area contributed by atoms with Crippen LogP contribution in [0.15, 0.2) is 24.3 Å². The molecular formula is C35H56O3Se. The first-order chi connectivity index (χ1) is 18.6. The van der Waals surface area contributed by atoms with E-state index < -0.39 is 5.60 Å². The second-order valence-electron chi connectivity index (χ2n) is 14.9. The Morgan fingerprint density at radius 3 is 2.36 bits per heavy atom. The van der Waals surface area contributed by atoms with E-state index in [1.807, 2.05) is 7.11 Å². The van der Waals surface area contributed by atoms with Gasteiger partial charge in [0.15, 0.2) is 0 Å². The van der Waals surface area contributed by atoms with Crippen LogP contribution in [0.2, 0.25) is 4.82 Å². The van der Waals surface area contributed by atoms with Crippen molar-refractivity contribution < 1.29 is 14.6 Å². The molecule has 4 fully saturated rings. The molecule has 3 nitrogen and oxygen atoms in total. The van der Waals surface area contributed by atoms with Crippen molar-refractivity contribution in [2.75, 3.05) is 14.2 Å². The molecule has 4 saturated carbocycles. The van der Waals surface area contributed by atoms with Crippen molar-refractivity contribution in [1.29, 1.82) is 0 Å². The van der Waals surface area contributed by atoms with Gasteiger partial charge in [0.1, 0.15) is 0 Å². The van der Waals surface area contributed by atoms with Crippen LogP contribution in [0.5, 0.6) is 5.75 Å². The molecule has 0 saturated heterocycles. The normalized spacial score (nSPS) is 42.5. The van der Waals surface area contributed by atoms with E-state index in [-0.39, 0.29) is 26.5 Å². The van der Waals surface area contributed by atoms with Gasteiger partial charge in [0.2, 0.25) is 0 Å². The average molecular weight is 604 g/mol. The second kappa shape index (κ2) is 11.6. The molecule has 0 aliphatic heterocycles. The third-order valence-electron chi connectivity index (χ3n) is 12.7. The van der Waals surface area contributed by atoms with Gasteiger partial charge in [-0.25, -0.2) is 0 Å². The Balaban J connectivity index is 1.42. The molecule has 1 N–H and O–H groups in total. The Morgan fingerprint density at radius 2 is 1.69 bits per heavy atom. The minimum atomic E-state index is -0.636. The summed E-state index contributed by atoms with van der Waals surface area (Å²) in [5, 5.41) is 12.8. The molecule has 0 bridgehead atoms. The number of aliphatic hydroxyl groups is 1. The summed E-state index contributed by atoms with van der Waals surface area (Å²) < 4.78 is 12.8. The zero-order chi connectivity index (χ0) is 28.0. The summed E-state index contributed by atoms with van der Waals surface area (Å²) in [7, 11) is 3.58. The summed E-state index contributed by atoms with van der Waals surface area (Å²) in [4.78, 5) is 0.340. The zero-order valence-electron chi connectivity index (χ0n) is 25.9. The summed E-state index contributed by atoms with van der Waals surface area (Å²) in [6, 6.07) is 8.70. The van der Waals surface area contributed by atoms with Crippen molar-refractivity contribution >= 4 is 19.4 Å². The number of rotatable bonds is 9. The summed E-state index contributed by atoms with van der Waals surface area (Å²) in [6.07, 6.45) is 14.1. The van der Waals surface area contributed by atoms with Crippen molar-refractivity contribution in [1.82, 2.24) is 0 Å². The first kappa shape index (κ1) is 29.9. The molecule has 0 aromatic heterocycles. The summed E-state index contributed by atoms with van der Waals surface area (Å²) in [5.74, 6) is 5.68. The fourth-order valence-electron chi connectivity index (χ4n) is 10.4. The Kier molecular flexibility index (Phi) is 8.92. The van der Waals surface area contributed by atoms with E-state index in [0.29, 0.717) is 16.1 Å². The number of hydrogen-bond acceptors (Lipinski definition) is 3. The minimum absolute atomic E-state index is 0.00781. The van der Waals surface area contributed by atoms with Crippen LogP contribution < -0.4 is 9.20 Å². The summed E-state index contributed by atoms with van der Waals surface area (Å²) in [5.41, 5.74) is -0.166. The predicted octanol–water partition coefficient (Wildman–Crippen LogP) is 7.67. The molecule has 0 heterocycles. The van der Waals surface area contributed by atoms with Crippen molar-refractivity contribution in [3.63, 3.8) is 0 Å². The third kappa shape index (κ3) is 5.28. The van der Waals surface area contributed by atoms with E-state index in [0.717, 1.165) is 54.6 Å². The number of methoxy groups -OCH3 is 2. The van der Waals surface area contributed by atoms with Crippen LogP contribution in [-0.4, -0.2) is 46.0 Å². The van der Waals surface area contributed by atoms with Crippen LogP contribution in [0.4, 0.5) is 0 Å². The molecule has 220 valence electrons. The van der Waals surface area contributed by atoms with Gasteiger partial charge >= 0.3 is 246 Å². The van der Waals surface area contributed by atoms with Gasteiger partial charge in [-0.2, -0.15) is 0 Å². The summed E-state index contributed by atoms with van der Waals surface area (Å²) in [6.45, 7) is 12.5. The average Bonchev–Trinajstić information content (AvgIpc) is 3.27.